The predicted octanol–water partition coefficient (Wildman–Crippen LogP) is 1.76. The van der Waals surface area contributed by atoms with E-state index in [-0.39, 0.29) is 5.54 Å². The smallest absolute Gasteiger partial charge is 0.113 e. The van der Waals surface area contributed by atoms with E-state index in [9.17, 15) is 0 Å². The summed E-state index contributed by atoms with van der Waals surface area (Å²) in [6, 6.07) is 0. The summed E-state index contributed by atoms with van der Waals surface area (Å²) in [6.07, 6.45) is 4.37. The van der Waals surface area contributed by atoms with E-state index in [0.29, 0.717) is 6.10 Å². The van der Waals surface area contributed by atoms with Crippen LogP contribution >= 0.6 is 11.3 Å². The van der Waals surface area contributed by atoms with E-state index in [4.69, 9.17) is 4.74 Å². The van der Waals surface area contributed by atoms with E-state index in [1.165, 1.54) is 5.01 Å². The van der Waals surface area contributed by atoms with E-state index in [1.54, 1.807) is 11.3 Å². The normalized spacial score (nSPS) is 31.4. The number of nitrogens with one attached hydrogen (secondary N) is 1. The van der Waals surface area contributed by atoms with Gasteiger partial charge in [-0.25, -0.2) is 4.98 Å². The molecule has 1 aliphatic rings. The molecule has 1 aromatic heterocycles. The van der Waals surface area contributed by atoms with Crippen LogP contribution in [0.1, 0.15) is 24.8 Å². The van der Waals surface area contributed by atoms with Gasteiger partial charge in [0.2, 0.25) is 0 Å². The van der Waals surface area contributed by atoms with Crippen molar-refractivity contribution in [3.63, 3.8) is 0 Å². The van der Waals surface area contributed by atoms with Crippen LogP contribution in [-0.2, 0) is 10.3 Å². The van der Waals surface area contributed by atoms with Crippen LogP contribution in [0.15, 0.2) is 11.6 Å². The van der Waals surface area contributed by atoms with Crippen molar-refractivity contribution in [2.75, 3.05) is 13.7 Å². The minimum absolute atomic E-state index is 0.0913. The average Bonchev–Trinajstić information content (AvgIpc) is 2.63. The Bertz CT molecular complexity index is 280. The molecule has 1 heterocycles. The molecule has 2 rings (SSSR count). The van der Waals surface area contributed by atoms with Crippen LogP contribution in [-0.4, -0.2) is 24.7 Å². The third kappa shape index (κ3) is 1.58. The fourth-order valence-electron chi connectivity index (χ4n) is 2.02. The van der Waals surface area contributed by atoms with Gasteiger partial charge >= 0.3 is 0 Å². The van der Waals surface area contributed by atoms with E-state index >= 15 is 0 Å². The largest absolute Gasteiger partial charge is 0.378 e. The van der Waals surface area contributed by atoms with E-state index in [0.717, 1.165) is 19.4 Å². The zero-order valence-electron chi connectivity index (χ0n) is 8.62. The molecule has 0 saturated heterocycles. The maximum absolute atomic E-state index is 5.57. The third-order valence-corrected chi connectivity index (χ3v) is 3.85. The van der Waals surface area contributed by atoms with Crippen molar-refractivity contribution in [2.45, 2.75) is 31.4 Å². The molecule has 0 radical (unpaired) electrons. The van der Waals surface area contributed by atoms with Crippen LogP contribution in [0, 0.1) is 0 Å². The van der Waals surface area contributed by atoms with Crippen LogP contribution in [0.5, 0.6) is 0 Å². The Hall–Kier alpha value is -0.450. The van der Waals surface area contributed by atoms with Gasteiger partial charge in [0, 0.05) is 18.2 Å². The molecule has 0 aliphatic heterocycles. The van der Waals surface area contributed by atoms with Crippen molar-refractivity contribution < 1.29 is 4.74 Å². The average molecular weight is 212 g/mol. The van der Waals surface area contributed by atoms with Crippen LogP contribution in [0.2, 0.25) is 0 Å². The zero-order chi connectivity index (χ0) is 10.0. The van der Waals surface area contributed by atoms with Gasteiger partial charge in [0.1, 0.15) is 5.01 Å². The molecule has 0 aromatic carbocycles. The lowest BCUT2D eigenvalue weighted by Crippen LogP contribution is -2.54. The third-order valence-electron chi connectivity index (χ3n) is 2.87. The van der Waals surface area contributed by atoms with Gasteiger partial charge in [-0.2, -0.15) is 0 Å². The first-order valence-electron chi connectivity index (χ1n) is 5.01. The lowest BCUT2D eigenvalue weighted by atomic mass is 9.74. The Balaban J connectivity index is 2.02. The van der Waals surface area contributed by atoms with Crippen molar-refractivity contribution in [3.05, 3.63) is 16.6 Å². The lowest BCUT2D eigenvalue weighted by Gasteiger charge is -2.45. The molecule has 0 amide bonds. The molecule has 1 fully saturated rings. The van der Waals surface area contributed by atoms with Gasteiger partial charge in [0.05, 0.1) is 11.6 Å². The van der Waals surface area contributed by atoms with Crippen molar-refractivity contribution >= 4 is 11.3 Å². The molecule has 3 nitrogen and oxygen atoms in total. The summed E-state index contributed by atoms with van der Waals surface area (Å²) in [6.45, 7) is 2.85. The Morgan fingerprint density at radius 1 is 1.71 bits per heavy atom. The molecule has 1 aromatic rings. The SMILES string of the molecule is CCOC1CC(NC)(c2nccs2)C1. The summed E-state index contributed by atoms with van der Waals surface area (Å²) in [7, 11) is 2.00. The molecular formula is C10H16N2OS. The number of nitrogens with zero attached hydrogens (tertiary/aromatic N) is 1. The van der Waals surface area contributed by atoms with Crippen molar-refractivity contribution in [3.8, 4) is 0 Å². The molecular weight excluding hydrogens is 196 g/mol. The van der Waals surface area contributed by atoms with Crippen molar-refractivity contribution in [2.24, 2.45) is 0 Å². The van der Waals surface area contributed by atoms with Gasteiger partial charge in [0.25, 0.3) is 0 Å². The molecule has 1 N–H and O–H groups in total. The zero-order valence-corrected chi connectivity index (χ0v) is 9.43. The highest BCUT2D eigenvalue weighted by Gasteiger charge is 2.46. The van der Waals surface area contributed by atoms with Crippen LogP contribution in [0.3, 0.4) is 0 Å². The molecule has 4 heteroatoms. The number of ether oxygens (including phenoxy) is 1. The molecule has 0 bridgehead atoms. The number of rotatable bonds is 4. The molecule has 78 valence electrons. The Morgan fingerprint density at radius 2 is 2.50 bits per heavy atom. The molecule has 1 saturated carbocycles. The van der Waals surface area contributed by atoms with Crippen LogP contribution < -0.4 is 5.32 Å². The van der Waals surface area contributed by atoms with Crippen LogP contribution in [0.4, 0.5) is 0 Å². The summed E-state index contributed by atoms with van der Waals surface area (Å²) >= 11 is 1.72. The number of aromatic nitrogens is 1. The van der Waals surface area contributed by atoms with E-state index < -0.39 is 0 Å². The van der Waals surface area contributed by atoms with Crippen molar-refractivity contribution in [1.82, 2.24) is 10.3 Å². The molecule has 0 atom stereocenters. The standard InChI is InChI=1S/C10H16N2OS/c1-3-13-8-6-10(7-8,11-2)9-12-4-5-14-9/h4-5,8,11H,3,6-7H2,1-2H3. The second-order valence-corrected chi connectivity index (χ2v) is 4.55. The minimum Gasteiger partial charge on any atom is -0.378 e. The maximum atomic E-state index is 5.57. The Kier molecular flexibility index (Phi) is 2.85. The van der Waals surface area contributed by atoms with Crippen molar-refractivity contribution in [1.29, 1.82) is 0 Å². The summed E-state index contributed by atoms with van der Waals surface area (Å²) < 4.78 is 5.57. The fraction of sp³-hybridized carbons (Fsp3) is 0.700. The molecule has 0 spiro atoms. The first kappa shape index (κ1) is 10.1. The van der Waals surface area contributed by atoms with Gasteiger partial charge in [-0.1, -0.05) is 0 Å². The van der Waals surface area contributed by atoms with Gasteiger partial charge in [-0.15, -0.1) is 11.3 Å². The predicted molar refractivity (Wildman–Crippen MR) is 57.5 cm³/mol. The van der Waals surface area contributed by atoms with Crippen LogP contribution in [0.25, 0.3) is 0 Å². The summed E-state index contributed by atoms with van der Waals surface area (Å²) in [5.41, 5.74) is 0.0913. The van der Waals surface area contributed by atoms with Gasteiger partial charge in [-0.3, -0.25) is 0 Å². The van der Waals surface area contributed by atoms with Gasteiger partial charge in [0.15, 0.2) is 0 Å². The summed E-state index contributed by atoms with van der Waals surface area (Å²) in [5.74, 6) is 0. The first-order valence-corrected chi connectivity index (χ1v) is 5.89. The van der Waals surface area contributed by atoms with E-state index in [2.05, 4.69) is 10.3 Å². The lowest BCUT2D eigenvalue weighted by molar-refractivity contribution is -0.0510. The highest BCUT2D eigenvalue weighted by Crippen LogP contribution is 2.43. The Morgan fingerprint density at radius 3 is 3.00 bits per heavy atom. The topological polar surface area (TPSA) is 34.1 Å². The fourth-order valence-corrected chi connectivity index (χ4v) is 2.88. The maximum Gasteiger partial charge on any atom is 0.113 e. The number of thiazole rings is 1. The highest BCUT2D eigenvalue weighted by molar-refractivity contribution is 7.09. The number of hydrogen-bond donors (Lipinski definition) is 1. The number of hydrogen-bond acceptors (Lipinski definition) is 4. The molecule has 1 aliphatic carbocycles. The minimum atomic E-state index is 0.0913. The monoisotopic (exact) mass is 212 g/mol. The second kappa shape index (κ2) is 3.96. The first-order chi connectivity index (χ1) is 6.80. The Labute approximate surface area is 88.5 Å². The van der Waals surface area contributed by atoms with Gasteiger partial charge in [-0.05, 0) is 26.8 Å². The summed E-state index contributed by atoms with van der Waals surface area (Å²) in [5, 5.41) is 6.59. The molecule has 0 unspecified atom stereocenters. The quantitative estimate of drug-likeness (QED) is 0.825. The second-order valence-electron chi connectivity index (χ2n) is 3.65. The highest BCUT2D eigenvalue weighted by atomic mass is 32.1. The summed E-state index contributed by atoms with van der Waals surface area (Å²) in [4.78, 5) is 4.38. The molecule has 14 heavy (non-hydrogen) atoms. The van der Waals surface area contributed by atoms with Gasteiger partial charge < -0.3 is 10.1 Å². The van der Waals surface area contributed by atoms with E-state index in [1.807, 2.05) is 25.5 Å².